The Morgan fingerprint density at radius 2 is 2.00 bits per heavy atom. The van der Waals surface area contributed by atoms with Crippen LogP contribution in [0.4, 0.5) is 0 Å². The van der Waals surface area contributed by atoms with Crippen molar-refractivity contribution in [2.45, 2.75) is 19.3 Å². The van der Waals surface area contributed by atoms with E-state index >= 15 is 0 Å². The molecule has 0 aromatic heterocycles. The molecule has 19 heavy (non-hydrogen) atoms. The Balaban J connectivity index is 2.12. The fourth-order valence-corrected chi connectivity index (χ4v) is 2.44. The van der Waals surface area contributed by atoms with Crippen molar-refractivity contribution in [2.75, 3.05) is 20.8 Å². The lowest BCUT2D eigenvalue weighted by Gasteiger charge is -2.22. The summed E-state index contributed by atoms with van der Waals surface area (Å²) in [6.45, 7) is 0.729. The number of allylic oxidation sites excluding steroid dienone is 1. The van der Waals surface area contributed by atoms with Crippen LogP contribution in [-0.2, 0) is 9.53 Å². The van der Waals surface area contributed by atoms with Crippen LogP contribution in [0.25, 0.3) is 6.08 Å². The van der Waals surface area contributed by atoms with Crippen molar-refractivity contribution in [1.29, 1.82) is 0 Å². The third-order valence-electron chi connectivity index (χ3n) is 3.51. The fourth-order valence-electron chi connectivity index (χ4n) is 2.44. The molecule has 1 saturated carbocycles. The molecule has 1 atom stereocenters. The molecule has 0 amide bonds. The summed E-state index contributed by atoms with van der Waals surface area (Å²) in [6, 6.07) is 7.76. The summed E-state index contributed by atoms with van der Waals surface area (Å²) < 4.78 is 10.3. The van der Waals surface area contributed by atoms with Crippen LogP contribution < -0.4 is 4.74 Å². The van der Waals surface area contributed by atoms with E-state index in [4.69, 9.17) is 9.47 Å². The Labute approximate surface area is 114 Å². The van der Waals surface area contributed by atoms with Gasteiger partial charge in [-0.25, -0.2) is 0 Å². The number of benzene rings is 1. The Bertz CT molecular complexity index is 459. The molecule has 0 heterocycles. The second kappa shape index (κ2) is 6.53. The predicted octanol–water partition coefficient (Wildman–Crippen LogP) is 3.09. The summed E-state index contributed by atoms with van der Waals surface area (Å²) >= 11 is 0. The van der Waals surface area contributed by atoms with Gasteiger partial charge in [0.1, 0.15) is 5.75 Å². The molecule has 1 aliphatic rings. The van der Waals surface area contributed by atoms with E-state index in [1.807, 2.05) is 30.3 Å². The number of Topliss-reactive ketones (excluding diaryl/α,β-unsaturated/α-hetero) is 1. The molecule has 102 valence electrons. The lowest BCUT2D eigenvalue weighted by molar-refractivity contribution is -0.117. The number of hydrogen-bond acceptors (Lipinski definition) is 3. The number of ether oxygens (including phenoxy) is 2. The zero-order valence-corrected chi connectivity index (χ0v) is 11.5. The molecule has 0 N–H and O–H groups in total. The number of methoxy groups -OCH3 is 2. The lowest BCUT2D eigenvalue weighted by Crippen LogP contribution is -2.20. The van der Waals surface area contributed by atoms with E-state index in [-0.39, 0.29) is 5.78 Å². The Kier molecular flexibility index (Phi) is 4.74. The first-order chi connectivity index (χ1) is 9.22. The van der Waals surface area contributed by atoms with E-state index in [0.29, 0.717) is 12.3 Å². The highest BCUT2D eigenvalue weighted by Gasteiger charge is 2.23. The molecule has 1 aliphatic carbocycles. The van der Waals surface area contributed by atoms with Crippen molar-refractivity contribution < 1.29 is 14.3 Å². The van der Waals surface area contributed by atoms with Crippen molar-refractivity contribution in [2.24, 2.45) is 5.92 Å². The van der Waals surface area contributed by atoms with Gasteiger partial charge in [-0.1, -0.05) is 12.1 Å². The van der Waals surface area contributed by atoms with Gasteiger partial charge in [0.05, 0.1) is 7.11 Å². The first-order valence-corrected chi connectivity index (χ1v) is 6.59. The van der Waals surface area contributed by atoms with Crippen LogP contribution in [0.3, 0.4) is 0 Å². The second-order valence-corrected chi connectivity index (χ2v) is 4.93. The van der Waals surface area contributed by atoms with Gasteiger partial charge in [-0.15, -0.1) is 0 Å². The average molecular weight is 260 g/mol. The molecule has 0 saturated heterocycles. The molecule has 0 spiro atoms. The summed E-state index contributed by atoms with van der Waals surface area (Å²) in [5.41, 5.74) is 1.96. The minimum absolute atomic E-state index is 0.267. The van der Waals surface area contributed by atoms with Gasteiger partial charge in [-0.2, -0.15) is 0 Å². The van der Waals surface area contributed by atoms with Crippen LogP contribution in [0.5, 0.6) is 5.75 Å². The van der Waals surface area contributed by atoms with Gasteiger partial charge in [0, 0.05) is 20.1 Å². The maximum atomic E-state index is 11.9. The van der Waals surface area contributed by atoms with Crippen molar-refractivity contribution in [1.82, 2.24) is 0 Å². The average Bonchev–Trinajstić information content (AvgIpc) is 2.44. The topological polar surface area (TPSA) is 35.5 Å². The number of hydrogen-bond donors (Lipinski definition) is 0. The third-order valence-corrected chi connectivity index (χ3v) is 3.51. The molecule has 0 aliphatic heterocycles. The van der Waals surface area contributed by atoms with Crippen LogP contribution in [0.15, 0.2) is 29.8 Å². The fraction of sp³-hybridized carbons (Fsp3) is 0.438. The largest absolute Gasteiger partial charge is 0.497 e. The van der Waals surface area contributed by atoms with Gasteiger partial charge in [-0.3, -0.25) is 4.79 Å². The molecular formula is C16H20O3. The van der Waals surface area contributed by atoms with Gasteiger partial charge < -0.3 is 9.47 Å². The number of ketones is 1. The Morgan fingerprint density at radius 1 is 1.26 bits per heavy atom. The van der Waals surface area contributed by atoms with Crippen molar-refractivity contribution in [3.05, 3.63) is 35.4 Å². The highest BCUT2D eigenvalue weighted by molar-refractivity contribution is 6.00. The molecule has 3 nitrogen and oxygen atoms in total. The minimum atomic E-state index is 0.267. The normalized spacial score (nSPS) is 21.7. The van der Waals surface area contributed by atoms with Crippen LogP contribution in [0.1, 0.15) is 24.8 Å². The van der Waals surface area contributed by atoms with Gasteiger partial charge in [-0.05, 0) is 48.1 Å². The Hall–Kier alpha value is -1.61. The van der Waals surface area contributed by atoms with Crippen LogP contribution >= 0.6 is 0 Å². The van der Waals surface area contributed by atoms with Gasteiger partial charge in [0.15, 0.2) is 5.78 Å². The third kappa shape index (κ3) is 3.67. The smallest absolute Gasteiger partial charge is 0.158 e. The standard InChI is InChI=1S/C16H20O3/c1-18-11-13-5-8-16(17)14(10-13)9-12-3-6-15(19-2)7-4-12/h3-4,6-7,9,13H,5,8,10-11H2,1-2H3. The molecule has 2 rings (SSSR count). The Morgan fingerprint density at radius 3 is 2.63 bits per heavy atom. The number of carbonyl (C=O) groups excluding carboxylic acids is 1. The zero-order chi connectivity index (χ0) is 13.7. The summed E-state index contributed by atoms with van der Waals surface area (Å²) in [5.74, 6) is 1.56. The molecular weight excluding hydrogens is 240 g/mol. The summed E-state index contributed by atoms with van der Waals surface area (Å²) in [7, 11) is 3.36. The van der Waals surface area contributed by atoms with E-state index in [9.17, 15) is 4.79 Å². The first-order valence-electron chi connectivity index (χ1n) is 6.59. The van der Waals surface area contributed by atoms with Crippen molar-refractivity contribution in [3.63, 3.8) is 0 Å². The van der Waals surface area contributed by atoms with E-state index in [1.165, 1.54) is 0 Å². The molecule has 0 radical (unpaired) electrons. The van der Waals surface area contributed by atoms with E-state index in [0.717, 1.165) is 36.3 Å². The molecule has 3 heteroatoms. The molecule has 1 aromatic carbocycles. The number of carbonyl (C=O) groups is 1. The molecule has 0 bridgehead atoms. The molecule has 1 fully saturated rings. The highest BCUT2D eigenvalue weighted by Crippen LogP contribution is 2.28. The molecule has 1 unspecified atom stereocenters. The molecule has 1 aromatic rings. The maximum Gasteiger partial charge on any atom is 0.158 e. The van der Waals surface area contributed by atoms with Crippen LogP contribution in [0, 0.1) is 5.92 Å². The first kappa shape index (κ1) is 13.8. The monoisotopic (exact) mass is 260 g/mol. The van der Waals surface area contributed by atoms with E-state index < -0.39 is 0 Å². The zero-order valence-electron chi connectivity index (χ0n) is 11.5. The predicted molar refractivity (Wildman–Crippen MR) is 75.2 cm³/mol. The van der Waals surface area contributed by atoms with Crippen LogP contribution in [-0.4, -0.2) is 26.6 Å². The van der Waals surface area contributed by atoms with Crippen LogP contribution in [0.2, 0.25) is 0 Å². The minimum Gasteiger partial charge on any atom is -0.497 e. The van der Waals surface area contributed by atoms with Crippen molar-refractivity contribution >= 4 is 11.9 Å². The van der Waals surface area contributed by atoms with E-state index in [1.54, 1.807) is 14.2 Å². The van der Waals surface area contributed by atoms with E-state index in [2.05, 4.69) is 0 Å². The maximum absolute atomic E-state index is 11.9. The summed E-state index contributed by atoms with van der Waals surface area (Å²) in [4.78, 5) is 11.9. The van der Waals surface area contributed by atoms with Gasteiger partial charge in [0.2, 0.25) is 0 Å². The van der Waals surface area contributed by atoms with Crippen molar-refractivity contribution in [3.8, 4) is 5.75 Å². The highest BCUT2D eigenvalue weighted by atomic mass is 16.5. The summed E-state index contributed by atoms with van der Waals surface area (Å²) in [5, 5.41) is 0. The SMILES string of the molecule is COCC1CCC(=O)C(=Cc2ccc(OC)cc2)C1. The van der Waals surface area contributed by atoms with Gasteiger partial charge in [0.25, 0.3) is 0 Å². The van der Waals surface area contributed by atoms with Gasteiger partial charge >= 0.3 is 0 Å². The lowest BCUT2D eigenvalue weighted by atomic mass is 9.84. The summed E-state index contributed by atoms with van der Waals surface area (Å²) in [6.07, 6.45) is 4.38. The number of rotatable bonds is 4. The quantitative estimate of drug-likeness (QED) is 0.780. The second-order valence-electron chi connectivity index (χ2n) is 4.93.